The van der Waals surface area contributed by atoms with Crippen molar-refractivity contribution in [2.24, 2.45) is 5.41 Å². The van der Waals surface area contributed by atoms with E-state index in [0.29, 0.717) is 40.5 Å². The number of fused-ring (bicyclic) bond motifs is 1. The summed E-state index contributed by atoms with van der Waals surface area (Å²) in [6.07, 6.45) is -1.12. The summed E-state index contributed by atoms with van der Waals surface area (Å²) in [4.78, 5) is 11.3. The summed E-state index contributed by atoms with van der Waals surface area (Å²) in [7, 11) is 2.96. The lowest BCUT2D eigenvalue weighted by Gasteiger charge is -2.39. The summed E-state index contributed by atoms with van der Waals surface area (Å²) in [6.45, 7) is 4.15. The van der Waals surface area contributed by atoms with Gasteiger partial charge in [-0.2, -0.15) is 0 Å². The molecule has 2 N–H and O–H groups in total. The normalized spacial score (nSPS) is 17.4. The van der Waals surface area contributed by atoms with Crippen LogP contribution in [0.15, 0.2) is 30.3 Å². The van der Waals surface area contributed by atoms with Gasteiger partial charge in [-0.1, -0.05) is 13.8 Å². The van der Waals surface area contributed by atoms with Crippen LogP contribution in [-0.2, 0) is 0 Å². The molecule has 0 aromatic heterocycles. The van der Waals surface area contributed by atoms with Gasteiger partial charge in [0.05, 0.1) is 26.9 Å². The first-order chi connectivity index (χ1) is 12.8. The third-order valence-corrected chi connectivity index (χ3v) is 4.76. The number of benzene rings is 2. The second-order valence-electron chi connectivity index (χ2n) is 7.10. The summed E-state index contributed by atoms with van der Waals surface area (Å²) in [5.74, 6) is 0.885. The summed E-state index contributed by atoms with van der Waals surface area (Å²) < 4.78 is 31.0. The summed E-state index contributed by atoms with van der Waals surface area (Å²) in [5, 5.41) is 11.8. The lowest BCUT2D eigenvalue weighted by Crippen LogP contribution is -2.43. The highest BCUT2D eigenvalue weighted by molar-refractivity contribution is 5.75. The Labute approximate surface area is 156 Å². The molecule has 1 atom stereocenters. The van der Waals surface area contributed by atoms with Crippen LogP contribution in [0.5, 0.6) is 17.2 Å². The van der Waals surface area contributed by atoms with E-state index in [1.807, 2.05) is 13.8 Å². The van der Waals surface area contributed by atoms with Gasteiger partial charge in [-0.25, -0.2) is 9.18 Å². The lowest BCUT2D eigenvalue weighted by molar-refractivity contribution is 0.0993. The van der Waals surface area contributed by atoms with Crippen molar-refractivity contribution in [1.82, 2.24) is 5.32 Å². The average Bonchev–Trinajstić information content (AvgIpc) is 2.63. The molecule has 0 radical (unpaired) electrons. The minimum atomic E-state index is -1.12. The summed E-state index contributed by atoms with van der Waals surface area (Å²) in [6, 6.07) is 7.48. The number of ether oxygens (including phenoxy) is 3. The van der Waals surface area contributed by atoms with E-state index in [2.05, 4.69) is 5.32 Å². The van der Waals surface area contributed by atoms with Gasteiger partial charge < -0.3 is 24.6 Å². The van der Waals surface area contributed by atoms with E-state index in [-0.39, 0.29) is 0 Å². The van der Waals surface area contributed by atoms with E-state index < -0.39 is 23.4 Å². The third-order valence-electron chi connectivity index (χ3n) is 4.76. The van der Waals surface area contributed by atoms with Gasteiger partial charge >= 0.3 is 6.09 Å². The second kappa shape index (κ2) is 6.98. The second-order valence-corrected chi connectivity index (χ2v) is 7.10. The molecule has 0 saturated heterocycles. The van der Waals surface area contributed by atoms with Crippen molar-refractivity contribution in [3.05, 3.63) is 41.7 Å². The molecule has 7 heteroatoms. The minimum Gasteiger partial charge on any atom is -0.497 e. The number of methoxy groups -OCH3 is 2. The first-order valence-corrected chi connectivity index (χ1v) is 8.45. The standard InChI is InChI=1S/C20H22FNO5/c1-20(2)10-27-17-8-13(12-6-5-11(25-3)7-15(12)21)16(26-4)9-14(17)18(20)22-19(23)24/h5-9,18,22H,10H2,1-4H3,(H,23,24). The van der Waals surface area contributed by atoms with E-state index in [1.165, 1.54) is 20.3 Å². The molecule has 1 unspecified atom stereocenters. The Bertz CT molecular complexity index is 881. The number of carbonyl (C=O) groups is 1. The largest absolute Gasteiger partial charge is 0.497 e. The summed E-state index contributed by atoms with van der Waals surface area (Å²) >= 11 is 0. The molecule has 6 nitrogen and oxygen atoms in total. The Morgan fingerprint density at radius 2 is 1.96 bits per heavy atom. The molecule has 1 heterocycles. The van der Waals surface area contributed by atoms with Crippen molar-refractivity contribution >= 4 is 6.09 Å². The number of hydrogen-bond donors (Lipinski definition) is 2. The average molecular weight is 375 g/mol. The molecule has 2 aromatic rings. The van der Waals surface area contributed by atoms with E-state index in [0.717, 1.165) is 0 Å². The summed E-state index contributed by atoms with van der Waals surface area (Å²) in [5.41, 5.74) is 1.06. The Morgan fingerprint density at radius 3 is 2.56 bits per heavy atom. The third kappa shape index (κ3) is 3.49. The van der Waals surface area contributed by atoms with Gasteiger partial charge in [-0.15, -0.1) is 0 Å². The molecule has 2 aromatic carbocycles. The fourth-order valence-electron chi connectivity index (χ4n) is 3.31. The van der Waals surface area contributed by atoms with Crippen molar-refractivity contribution in [2.45, 2.75) is 19.9 Å². The molecule has 0 saturated carbocycles. The molecule has 0 aliphatic carbocycles. The fraction of sp³-hybridized carbons (Fsp3) is 0.350. The topological polar surface area (TPSA) is 77.0 Å². The Morgan fingerprint density at radius 1 is 1.22 bits per heavy atom. The van der Waals surface area contributed by atoms with Gasteiger partial charge in [0.25, 0.3) is 0 Å². The zero-order valence-corrected chi connectivity index (χ0v) is 15.6. The predicted octanol–water partition coefficient (Wildman–Crippen LogP) is 4.24. The molecule has 1 amide bonds. The number of carboxylic acid groups (broad SMARTS) is 1. The number of nitrogens with one attached hydrogen (secondary N) is 1. The van der Waals surface area contributed by atoms with Crippen LogP contribution in [0, 0.1) is 11.2 Å². The first kappa shape index (κ1) is 18.8. The molecule has 0 bridgehead atoms. The van der Waals surface area contributed by atoms with Gasteiger partial charge in [0, 0.05) is 28.2 Å². The zero-order valence-electron chi connectivity index (χ0n) is 15.6. The van der Waals surface area contributed by atoms with E-state index >= 15 is 0 Å². The number of halogens is 1. The Hall–Kier alpha value is -2.96. The van der Waals surface area contributed by atoms with Crippen LogP contribution in [0.25, 0.3) is 11.1 Å². The molecule has 1 aliphatic rings. The lowest BCUT2D eigenvalue weighted by atomic mass is 9.78. The monoisotopic (exact) mass is 375 g/mol. The van der Waals surface area contributed by atoms with Crippen LogP contribution in [0.3, 0.4) is 0 Å². The first-order valence-electron chi connectivity index (χ1n) is 8.45. The van der Waals surface area contributed by atoms with Crippen molar-refractivity contribution in [3.8, 4) is 28.4 Å². The molecule has 144 valence electrons. The molecular weight excluding hydrogens is 353 g/mol. The SMILES string of the molecule is COc1ccc(-c2cc3c(cc2OC)C(NC(=O)O)C(C)(C)CO3)c(F)c1. The molecule has 0 spiro atoms. The van der Waals surface area contributed by atoms with Crippen molar-refractivity contribution in [3.63, 3.8) is 0 Å². The van der Waals surface area contributed by atoms with Crippen LogP contribution < -0.4 is 19.5 Å². The molecular formula is C20H22FNO5. The highest BCUT2D eigenvalue weighted by Crippen LogP contribution is 2.47. The zero-order chi connectivity index (χ0) is 19.8. The smallest absolute Gasteiger partial charge is 0.405 e. The van der Waals surface area contributed by atoms with Gasteiger partial charge in [0.2, 0.25) is 0 Å². The Kier molecular flexibility index (Phi) is 4.87. The minimum absolute atomic E-state index is 0.321. The quantitative estimate of drug-likeness (QED) is 0.836. The molecule has 0 fully saturated rings. The maximum Gasteiger partial charge on any atom is 0.405 e. The maximum atomic E-state index is 14.6. The van der Waals surface area contributed by atoms with Gasteiger partial charge in [-0.3, -0.25) is 0 Å². The molecule has 27 heavy (non-hydrogen) atoms. The van der Waals surface area contributed by atoms with Crippen molar-refractivity contribution in [1.29, 1.82) is 0 Å². The highest BCUT2D eigenvalue weighted by Gasteiger charge is 2.39. The van der Waals surface area contributed by atoms with Crippen LogP contribution in [-0.4, -0.2) is 32.0 Å². The molecule has 3 rings (SSSR count). The number of rotatable bonds is 4. The predicted molar refractivity (Wildman–Crippen MR) is 98.1 cm³/mol. The van der Waals surface area contributed by atoms with Crippen LogP contribution >= 0.6 is 0 Å². The van der Waals surface area contributed by atoms with Gasteiger partial charge in [-0.05, 0) is 24.3 Å². The van der Waals surface area contributed by atoms with Crippen LogP contribution in [0.4, 0.5) is 9.18 Å². The Balaban J connectivity index is 2.14. The van der Waals surface area contributed by atoms with Crippen LogP contribution in [0.1, 0.15) is 25.5 Å². The molecule has 1 aliphatic heterocycles. The number of amides is 1. The van der Waals surface area contributed by atoms with Crippen molar-refractivity contribution in [2.75, 3.05) is 20.8 Å². The highest BCUT2D eigenvalue weighted by atomic mass is 19.1. The number of hydrogen-bond acceptors (Lipinski definition) is 4. The van der Waals surface area contributed by atoms with Gasteiger partial charge in [0.1, 0.15) is 23.1 Å². The maximum absolute atomic E-state index is 14.6. The van der Waals surface area contributed by atoms with E-state index in [4.69, 9.17) is 14.2 Å². The van der Waals surface area contributed by atoms with Crippen molar-refractivity contribution < 1.29 is 28.5 Å². The fourth-order valence-corrected chi connectivity index (χ4v) is 3.31. The van der Waals surface area contributed by atoms with Crippen LogP contribution in [0.2, 0.25) is 0 Å². The van der Waals surface area contributed by atoms with E-state index in [1.54, 1.807) is 24.3 Å². The van der Waals surface area contributed by atoms with E-state index in [9.17, 15) is 14.3 Å². The van der Waals surface area contributed by atoms with Gasteiger partial charge in [0.15, 0.2) is 0 Å².